The molecule has 150 valence electrons. The van der Waals surface area contributed by atoms with Crippen molar-refractivity contribution < 1.29 is 0 Å². The SMILES string of the molecule is Clc1cc(Cl)c2c(c1)C1(c3ccc(-c4ccccc4)cc3-2)C2CC3CC(C2)CC1C3. The van der Waals surface area contributed by atoms with Crippen molar-refractivity contribution in [3.05, 3.63) is 81.8 Å². The van der Waals surface area contributed by atoms with Crippen LogP contribution in [0.25, 0.3) is 22.3 Å². The zero-order chi connectivity index (χ0) is 20.0. The second-order valence-corrected chi connectivity index (χ2v) is 11.0. The zero-order valence-electron chi connectivity index (χ0n) is 16.9. The van der Waals surface area contributed by atoms with Crippen LogP contribution in [-0.4, -0.2) is 0 Å². The Balaban J connectivity index is 1.52. The van der Waals surface area contributed by atoms with Gasteiger partial charge in [-0.05, 0) is 102 Å². The lowest BCUT2D eigenvalue weighted by Crippen LogP contribution is -2.55. The highest BCUT2D eigenvalue weighted by Crippen LogP contribution is 2.70. The van der Waals surface area contributed by atoms with Gasteiger partial charge in [0.15, 0.2) is 0 Å². The molecule has 8 rings (SSSR count). The van der Waals surface area contributed by atoms with Crippen LogP contribution in [-0.2, 0) is 5.41 Å². The van der Waals surface area contributed by atoms with Gasteiger partial charge in [0.05, 0.1) is 5.02 Å². The lowest BCUT2D eigenvalue weighted by atomic mass is 9.43. The molecule has 0 aromatic heterocycles. The monoisotopic (exact) mass is 430 g/mol. The van der Waals surface area contributed by atoms with Crippen molar-refractivity contribution in [2.75, 3.05) is 0 Å². The molecule has 4 saturated carbocycles. The number of benzene rings is 3. The largest absolute Gasteiger partial charge is 0.0843 e. The number of hydrogen-bond acceptors (Lipinski definition) is 0. The van der Waals surface area contributed by atoms with Crippen LogP contribution in [0.5, 0.6) is 0 Å². The van der Waals surface area contributed by atoms with E-state index in [1.807, 2.05) is 6.07 Å². The van der Waals surface area contributed by atoms with Gasteiger partial charge in [0.2, 0.25) is 0 Å². The van der Waals surface area contributed by atoms with E-state index in [0.29, 0.717) is 0 Å². The number of fused-ring (bicyclic) bond motifs is 3. The van der Waals surface area contributed by atoms with Gasteiger partial charge in [-0.3, -0.25) is 0 Å². The van der Waals surface area contributed by atoms with E-state index >= 15 is 0 Å². The molecular formula is C28H24Cl2. The molecule has 3 aromatic rings. The fraction of sp³-hybridized carbons (Fsp3) is 0.357. The lowest BCUT2D eigenvalue weighted by molar-refractivity contribution is -0.0399. The van der Waals surface area contributed by atoms with Crippen LogP contribution >= 0.6 is 23.2 Å². The summed E-state index contributed by atoms with van der Waals surface area (Å²) in [5.41, 5.74) is 8.19. The molecule has 0 N–H and O–H groups in total. The molecule has 2 heteroatoms. The fourth-order valence-corrected chi connectivity index (χ4v) is 8.64. The first-order chi connectivity index (χ1) is 14.6. The van der Waals surface area contributed by atoms with Gasteiger partial charge in [-0.15, -0.1) is 0 Å². The van der Waals surface area contributed by atoms with E-state index in [1.165, 1.54) is 65.5 Å². The van der Waals surface area contributed by atoms with E-state index in [1.54, 1.807) is 0 Å². The third-order valence-electron chi connectivity index (χ3n) is 8.77. The summed E-state index contributed by atoms with van der Waals surface area (Å²) in [7, 11) is 0. The van der Waals surface area contributed by atoms with E-state index in [-0.39, 0.29) is 5.41 Å². The first kappa shape index (κ1) is 17.9. The molecule has 1 spiro atoms. The van der Waals surface area contributed by atoms with E-state index in [4.69, 9.17) is 23.2 Å². The Morgan fingerprint density at radius 1 is 0.667 bits per heavy atom. The Hall–Kier alpha value is -1.76. The molecule has 0 saturated heterocycles. The Bertz CT molecular complexity index is 1150. The van der Waals surface area contributed by atoms with E-state index < -0.39 is 0 Å². The second-order valence-electron chi connectivity index (χ2n) is 10.1. The molecule has 0 heterocycles. The third-order valence-corrected chi connectivity index (χ3v) is 9.28. The zero-order valence-corrected chi connectivity index (χ0v) is 18.4. The minimum Gasteiger partial charge on any atom is -0.0843 e. The Kier molecular flexibility index (Phi) is 3.66. The maximum absolute atomic E-state index is 6.91. The van der Waals surface area contributed by atoms with Crippen LogP contribution < -0.4 is 0 Å². The summed E-state index contributed by atoms with van der Waals surface area (Å²) in [4.78, 5) is 0. The Morgan fingerprint density at radius 3 is 2.07 bits per heavy atom. The minimum absolute atomic E-state index is 0.113. The summed E-state index contributed by atoms with van der Waals surface area (Å²) >= 11 is 13.5. The summed E-state index contributed by atoms with van der Waals surface area (Å²) in [5, 5.41) is 1.60. The average Bonchev–Trinajstić information content (AvgIpc) is 3.02. The Morgan fingerprint density at radius 2 is 1.37 bits per heavy atom. The van der Waals surface area contributed by atoms with Crippen LogP contribution in [0.3, 0.4) is 0 Å². The third kappa shape index (κ3) is 2.20. The smallest absolute Gasteiger partial charge is 0.0502 e. The molecule has 30 heavy (non-hydrogen) atoms. The van der Waals surface area contributed by atoms with Crippen molar-refractivity contribution in [2.45, 2.75) is 37.5 Å². The van der Waals surface area contributed by atoms with Crippen molar-refractivity contribution in [2.24, 2.45) is 23.7 Å². The van der Waals surface area contributed by atoms with Crippen LogP contribution in [0.15, 0.2) is 60.7 Å². The normalized spacial score (nSPS) is 32.5. The van der Waals surface area contributed by atoms with Crippen molar-refractivity contribution in [3.63, 3.8) is 0 Å². The maximum atomic E-state index is 6.91. The van der Waals surface area contributed by atoms with Crippen LogP contribution in [0.2, 0.25) is 10.0 Å². The minimum atomic E-state index is 0.113. The fourth-order valence-electron chi connectivity index (χ4n) is 8.05. The average molecular weight is 431 g/mol. The van der Waals surface area contributed by atoms with Crippen molar-refractivity contribution in [1.82, 2.24) is 0 Å². The van der Waals surface area contributed by atoms with Crippen LogP contribution in [0, 0.1) is 23.7 Å². The van der Waals surface area contributed by atoms with Gasteiger partial charge in [-0.2, -0.15) is 0 Å². The second kappa shape index (κ2) is 6.15. The quantitative estimate of drug-likeness (QED) is 0.363. The van der Waals surface area contributed by atoms with Gasteiger partial charge < -0.3 is 0 Å². The highest BCUT2D eigenvalue weighted by molar-refractivity contribution is 6.37. The van der Waals surface area contributed by atoms with Gasteiger partial charge in [0, 0.05) is 16.0 Å². The van der Waals surface area contributed by atoms with Crippen molar-refractivity contribution in [3.8, 4) is 22.3 Å². The Labute approximate surface area is 188 Å². The number of halogens is 2. The van der Waals surface area contributed by atoms with Gasteiger partial charge in [-0.1, -0.05) is 65.7 Å². The van der Waals surface area contributed by atoms with E-state index in [9.17, 15) is 0 Å². The summed E-state index contributed by atoms with van der Waals surface area (Å²) in [6, 6.07) is 22.1. The molecule has 0 unspecified atom stereocenters. The molecule has 0 nitrogen and oxygen atoms in total. The van der Waals surface area contributed by atoms with Crippen molar-refractivity contribution >= 4 is 23.2 Å². The lowest BCUT2D eigenvalue weighted by Gasteiger charge is -2.61. The van der Waals surface area contributed by atoms with Gasteiger partial charge in [-0.25, -0.2) is 0 Å². The molecule has 5 aliphatic rings. The van der Waals surface area contributed by atoms with E-state index in [0.717, 1.165) is 33.7 Å². The molecule has 4 bridgehead atoms. The number of hydrogen-bond donors (Lipinski definition) is 0. The van der Waals surface area contributed by atoms with Gasteiger partial charge in [0.25, 0.3) is 0 Å². The summed E-state index contributed by atoms with van der Waals surface area (Å²) in [6.07, 6.45) is 6.95. The summed E-state index contributed by atoms with van der Waals surface area (Å²) in [6.45, 7) is 0. The molecular weight excluding hydrogens is 407 g/mol. The molecule has 0 amide bonds. The molecule has 0 radical (unpaired) electrons. The van der Waals surface area contributed by atoms with Gasteiger partial charge in [0.1, 0.15) is 0 Å². The topological polar surface area (TPSA) is 0 Å². The standard InChI is InChI=1S/C28H24Cl2/c29-22-14-25-27(26(30)15-22)23-13-19(18-4-2-1-3-5-18)6-7-24(23)28(25)20-9-16-8-17(11-20)12-21(28)10-16/h1-7,13-17,20-21H,8-12H2. The maximum Gasteiger partial charge on any atom is 0.0502 e. The predicted octanol–water partition coefficient (Wildman–Crippen LogP) is 8.38. The molecule has 4 fully saturated rings. The van der Waals surface area contributed by atoms with Crippen molar-refractivity contribution in [1.29, 1.82) is 0 Å². The molecule has 5 aliphatic carbocycles. The summed E-state index contributed by atoms with van der Waals surface area (Å²) < 4.78 is 0. The first-order valence-corrected chi connectivity index (χ1v) is 12.1. The van der Waals surface area contributed by atoms with Gasteiger partial charge >= 0.3 is 0 Å². The highest BCUT2D eigenvalue weighted by atomic mass is 35.5. The van der Waals surface area contributed by atoms with Crippen LogP contribution in [0.4, 0.5) is 0 Å². The summed E-state index contributed by atoms with van der Waals surface area (Å²) in [5.74, 6) is 3.32. The van der Waals surface area contributed by atoms with E-state index in [2.05, 4.69) is 54.6 Å². The number of rotatable bonds is 1. The highest BCUT2D eigenvalue weighted by Gasteiger charge is 2.61. The molecule has 3 aromatic carbocycles. The first-order valence-electron chi connectivity index (χ1n) is 11.3. The van der Waals surface area contributed by atoms with Crippen LogP contribution in [0.1, 0.15) is 43.2 Å². The molecule has 0 atom stereocenters. The predicted molar refractivity (Wildman–Crippen MR) is 125 cm³/mol. The molecule has 0 aliphatic heterocycles.